The molecule has 1 aromatic heterocycles. The van der Waals surface area contributed by atoms with Gasteiger partial charge >= 0.3 is 6.01 Å². The summed E-state index contributed by atoms with van der Waals surface area (Å²) in [6.45, 7) is 0.449. The zero-order chi connectivity index (χ0) is 12.1. The molecule has 1 aromatic carbocycles. The van der Waals surface area contributed by atoms with Gasteiger partial charge in [-0.2, -0.15) is 0 Å². The highest BCUT2D eigenvalue weighted by Gasteiger charge is 1.99. The molecule has 0 atom stereocenters. The third kappa shape index (κ3) is 3.55. The maximum absolute atomic E-state index is 5.45. The Morgan fingerprint density at radius 1 is 1.12 bits per heavy atom. The lowest BCUT2D eigenvalue weighted by molar-refractivity contribution is 0.280. The van der Waals surface area contributed by atoms with E-state index in [0.29, 0.717) is 12.6 Å². The first-order chi connectivity index (χ1) is 8.28. The van der Waals surface area contributed by atoms with Gasteiger partial charge in [0.2, 0.25) is 0 Å². The average molecular weight is 342 g/mol. The first-order valence-corrected chi connectivity index (χ1v) is 6.09. The highest BCUT2D eigenvalue weighted by Crippen LogP contribution is 2.13. The summed E-state index contributed by atoms with van der Waals surface area (Å²) < 4.78 is 11.5. The highest BCUT2D eigenvalue weighted by molar-refractivity contribution is 14.1. The van der Waals surface area contributed by atoms with Gasteiger partial charge in [-0.3, -0.25) is 0 Å². The summed E-state index contributed by atoms with van der Waals surface area (Å²) in [4.78, 5) is 8.12. The largest absolute Gasteiger partial charge is 0.497 e. The topological polar surface area (TPSA) is 44.2 Å². The van der Waals surface area contributed by atoms with E-state index in [2.05, 4.69) is 32.6 Å². The molecule has 1 heterocycles. The van der Waals surface area contributed by atoms with Crippen LogP contribution in [0.4, 0.5) is 0 Å². The summed E-state index contributed by atoms with van der Waals surface area (Å²) in [5.41, 5.74) is 1.05. The molecule has 88 valence electrons. The fourth-order valence-electron chi connectivity index (χ4n) is 1.24. The van der Waals surface area contributed by atoms with E-state index >= 15 is 0 Å². The summed E-state index contributed by atoms with van der Waals surface area (Å²) in [6, 6.07) is 8.08. The molecular weight excluding hydrogens is 331 g/mol. The number of aromatic nitrogens is 2. The maximum atomic E-state index is 5.45. The molecule has 0 saturated carbocycles. The molecule has 5 heteroatoms. The summed E-state index contributed by atoms with van der Waals surface area (Å²) >= 11 is 2.15. The lowest BCUT2D eigenvalue weighted by atomic mass is 10.2. The van der Waals surface area contributed by atoms with Gasteiger partial charge in [0.05, 0.1) is 7.11 Å². The van der Waals surface area contributed by atoms with E-state index in [9.17, 15) is 0 Å². The van der Waals surface area contributed by atoms with Crippen molar-refractivity contribution < 1.29 is 9.47 Å². The van der Waals surface area contributed by atoms with Crippen LogP contribution in [0, 0.1) is 3.57 Å². The summed E-state index contributed by atoms with van der Waals surface area (Å²) in [5.74, 6) is 0.833. The number of hydrogen-bond donors (Lipinski definition) is 0. The molecule has 0 fully saturated rings. The maximum Gasteiger partial charge on any atom is 0.316 e. The van der Waals surface area contributed by atoms with Crippen molar-refractivity contribution in [1.82, 2.24) is 9.97 Å². The molecule has 0 N–H and O–H groups in total. The fourth-order valence-corrected chi connectivity index (χ4v) is 1.52. The van der Waals surface area contributed by atoms with Gasteiger partial charge in [0.25, 0.3) is 0 Å². The molecule has 2 aromatic rings. The van der Waals surface area contributed by atoms with Crippen LogP contribution < -0.4 is 9.47 Å². The minimum atomic E-state index is 0.390. The molecule has 4 nitrogen and oxygen atoms in total. The Hall–Kier alpha value is -1.37. The number of ether oxygens (including phenoxy) is 2. The van der Waals surface area contributed by atoms with E-state index in [1.54, 1.807) is 19.5 Å². The van der Waals surface area contributed by atoms with Gasteiger partial charge in [0, 0.05) is 16.0 Å². The average Bonchev–Trinajstić information content (AvgIpc) is 2.39. The van der Waals surface area contributed by atoms with Crippen LogP contribution in [0.25, 0.3) is 0 Å². The second kappa shape index (κ2) is 5.81. The van der Waals surface area contributed by atoms with Gasteiger partial charge in [-0.25, -0.2) is 9.97 Å². The molecule has 0 aliphatic rings. The Morgan fingerprint density at radius 2 is 1.76 bits per heavy atom. The van der Waals surface area contributed by atoms with Gasteiger partial charge in [0.15, 0.2) is 0 Å². The minimum absolute atomic E-state index is 0.390. The second-order valence-electron chi connectivity index (χ2n) is 3.32. The SMILES string of the molecule is COc1ccc(COc2ncc(I)cn2)cc1. The molecule has 0 radical (unpaired) electrons. The molecule has 0 bridgehead atoms. The van der Waals surface area contributed by atoms with Crippen LogP contribution >= 0.6 is 22.6 Å². The van der Waals surface area contributed by atoms with Gasteiger partial charge in [-0.05, 0) is 40.3 Å². The van der Waals surface area contributed by atoms with Crippen molar-refractivity contribution in [2.75, 3.05) is 7.11 Å². The smallest absolute Gasteiger partial charge is 0.316 e. The van der Waals surface area contributed by atoms with Crippen molar-refractivity contribution in [3.05, 3.63) is 45.8 Å². The molecular formula is C12H11IN2O2. The number of hydrogen-bond acceptors (Lipinski definition) is 4. The fraction of sp³-hybridized carbons (Fsp3) is 0.167. The first-order valence-electron chi connectivity index (χ1n) is 5.01. The van der Waals surface area contributed by atoms with Crippen LogP contribution in [-0.4, -0.2) is 17.1 Å². The predicted molar refractivity (Wildman–Crippen MR) is 72.1 cm³/mol. The van der Waals surface area contributed by atoms with E-state index in [1.165, 1.54) is 0 Å². The van der Waals surface area contributed by atoms with Crippen LogP contribution in [0.5, 0.6) is 11.8 Å². The molecule has 17 heavy (non-hydrogen) atoms. The van der Waals surface area contributed by atoms with Crippen molar-refractivity contribution in [2.45, 2.75) is 6.61 Å². The van der Waals surface area contributed by atoms with Crippen LogP contribution in [0.3, 0.4) is 0 Å². The molecule has 2 rings (SSSR count). The van der Waals surface area contributed by atoms with Crippen LogP contribution in [0.1, 0.15) is 5.56 Å². The number of rotatable bonds is 4. The van der Waals surface area contributed by atoms with Crippen LogP contribution in [0.15, 0.2) is 36.7 Å². The Kier molecular flexibility index (Phi) is 4.13. The van der Waals surface area contributed by atoms with Crippen molar-refractivity contribution in [1.29, 1.82) is 0 Å². The van der Waals surface area contributed by atoms with Crippen LogP contribution in [-0.2, 0) is 6.61 Å². The van der Waals surface area contributed by atoms with Crippen molar-refractivity contribution in [3.8, 4) is 11.8 Å². The molecule has 0 spiro atoms. The Balaban J connectivity index is 1.95. The Morgan fingerprint density at radius 3 is 2.35 bits per heavy atom. The van der Waals surface area contributed by atoms with E-state index in [-0.39, 0.29) is 0 Å². The molecule has 0 amide bonds. The zero-order valence-electron chi connectivity index (χ0n) is 9.26. The lowest BCUT2D eigenvalue weighted by Crippen LogP contribution is -1.99. The predicted octanol–water partition coefficient (Wildman–Crippen LogP) is 2.67. The Labute approximate surface area is 113 Å². The van der Waals surface area contributed by atoms with E-state index in [0.717, 1.165) is 14.9 Å². The minimum Gasteiger partial charge on any atom is -0.497 e. The van der Waals surface area contributed by atoms with E-state index < -0.39 is 0 Å². The monoisotopic (exact) mass is 342 g/mol. The number of benzene rings is 1. The van der Waals surface area contributed by atoms with Crippen LogP contribution in [0.2, 0.25) is 0 Å². The van der Waals surface area contributed by atoms with Gasteiger partial charge < -0.3 is 9.47 Å². The van der Waals surface area contributed by atoms with Crippen molar-refractivity contribution >= 4 is 22.6 Å². The zero-order valence-corrected chi connectivity index (χ0v) is 11.4. The van der Waals surface area contributed by atoms with Crippen molar-refractivity contribution in [2.24, 2.45) is 0 Å². The van der Waals surface area contributed by atoms with Gasteiger partial charge in [-0.15, -0.1) is 0 Å². The lowest BCUT2D eigenvalue weighted by Gasteiger charge is -2.05. The Bertz CT molecular complexity index is 471. The number of methoxy groups -OCH3 is 1. The third-order valence-corrected chi connectivity index (χ3v) is 2.68. The first kappa shape index (κ1) is 12.1. The summed E-state index contributed by atoms with van der Waals surface area (Å²) in [7, 11) is 1.64. The van der Waals surface area contributed by atoms with E-state index in [1.807, 2.05) is 24.3 Å². The van der Waals surface area contributed by atoms with Gasteiger partial charge in [0.1, 0.15) is 12.4 Å². The summed E-state index contributed by atoms with van der Waals surface area (Å²) in [5, 5.41) is 0. The van der Waals surface area contributed by atoms with E-state index in [4.69, 9.17) is 9.47 Å². The second-order valence-corrected chi connectivity index (χ2v) is 4.57. The third-order valence-electron chi connectivity index (χ3n) is 2.12. The molecule has 0 aliphatic carbocycles. The number of nitrogens with zero attached hydrogens (tertiary/aromatic N) is 2. The van der Waals surface area contributed by atoms with Gasteiger partial charge in [-0.1, -0.05) is 12.1 Å². The molecule has 0 unspecified atom stereocenters. The van der Waals surface area contributed by atoms with Crippen molar-refractivity contribution in [3.63, 3.8) is 0 Å². The molecule has 0 saturated heterocycles. The number of halogens is 1. The molecule has 0 aliphatic heterocycles. The highest BCUT2D eigenvalue weighted by atomic mass is 127. The normalized spacial score (nSPS) is 10.0. The summed E-state index contributed by atoms with van der Waals surface area (Å²) in [6.07, 6.45) is 3.44. The standard InChI is InChI=1S/C12H11IN2O2/c1-16-11-4-2-9(3-5-11)8-17-12-14-6-10(13)7-15-12/h2-7H,8H2,1H3. The quantitative estimate of drug-likeness (QED) is 0.802.